The van der Waals surface area contributed by atoms with Crippen LogP contribution in [0.4, 0.5) is 5.69 Å². The van der Waals surface area contributed by atoms with Gasteiger partial charge in [0, 0.05) is 37.6 Å². The Morgan fingerprint density at radius 3 is 2.88 bits per heavy atom. The number of morpholine rings is 1. The first-order chi connectivity index (χ1) is 12.8. The number of rotatable bonds is 5. The smallest absolute Gasteiger partial charge is 0.239 e. The van der Waals surface area contributed by atoms with E-state index in [1.54, 1.807) is 12.4 Å². The fourth-order valence-electron chi connectivity index (χ4n) is 3.78. The lowest BCUT2D eigenvalue weighted by molar-refractivity contribution is -0.120. The first kappa shape index (κ1) is 17.0. The van der Waals surface area contributed by atoms with Crippen LogP contribution in [0.3, 0.4) is 0 Å². The van der Waals surface area contributed by atoms with Gasteiger partial charge in [-0.25, -0.2) is 0 Å². The molecular formula is C20H24N4O2. The molecule has 6 nitrogen and oxygen atoms in total. The van der Waals surface area contributed by atoms with Gasteiger partial charge in [0.05, 0.1) is 24.9 Å². The summed E-state index contributed by atoms with van der Waals surface area (Å²) in [5.74, 6) is 0.0132. The number of carbonyl (C=O) groups excluding carboxylic acids is 1. The van der Waals surface area contributed by atoms with Crippen molar-refractivity contribution in [2.24, 2.45) is 0 Å². The summed E-state index contributed by atoms with van der Waals surface area (Å²) in [6, 6.07) is 14.7. The summed E-state index contributed by atoms with van der Waals surface area (Å²) in [6.07, 6.45) is 4.49. The van der Waals surface area contributed by atoms with Crippen molar-refractivity contribution in [3.8, 4) is 0 Å². The molecule has 2 N–H and O–H groups in total. The number of hydrogen-bond donors (Lipinski definition) is 2. The third-order valence-corrected chi connectivity index (χ3v) is 5.07. The van der Waals surface area contributed by atoms with Crippen LogP contribution in [0.15, 0.2) is 54.9 Å². The highest BCUT2D eigenvalue weighted by molar-refractivity contribution is 5.80. The van der Waals surface area contributed by atoms with Gasteiger partial charge in [0.25, 0.3) is 0 Å². The second-order valence-corrected chi connectivity index (χ2v) is 6.94. The van der Waals surface area contributed by atoms with Crippen LogP contribution in [-0.2, 0) is 9.53 Å². The average Bonchev–Trinajstić information content (AvgIpc) is 3.09. The van der Waals surface area contributed by atoms with Gasteiger partial charge in [0.1, 0.15) is 0 Å². The summed E-state index contributed by atoms with van der Waals surface area (Å²) in [7, 11) is 0. The highest BCUT2D eigenvalue weighted by Crippen LogP contribution is 2.30. The monoisotopic (exact) mass is 352 g/mol. The van der Waals surface area contributed by atoms with E-state index in [1.165, 1.54) is 5.56 Å². The van der Waals surface area contributed by atoms with Gasteiger partial charge in [-0.3, -0.25) is 14.7 Å². The lowest BCUT2D eigenvalue weighted by Crippen LogP contribution is -2.43. The van der Waals surface area contributed by atoms with Gasteiger partial charge in [-0.1, -0.05) is 30.3 Å². The highest BCUT2D eigenvalue weighted by atomic mass is 16.5. The maximum atomic E-state index is 12.2. The van der Waals surface area contributed by atoms with Gasteiger partial charge in [0.2, 0.25) is 5.91 Å². The summed E-state index contributed by atoms with van der Waals surface area (Å²) in [5.41, 5.74) is 2.07. The van der Waals surface area contributed by atoms with E-state index in [1.807, 2.05) is 30.3 Å². The maximum Gasteiger partial charge on any atom is 0.239 e. The zero-order valence-electron chi connectivity index (χ0n) is 14.7. The van der Waals surface area contributed by atoms with E-state index in [0.29, 0.717) is 6.04 Å². The van der Waals surface area contributed by atoms with E-state index in [0.717, 1.165) is 31.8 Å². The van der Waals surface area contributed by atoms with Crippen LogP contribution in [0.2, 0.25) is 0 Å². The Kier molecular flexibility index (Phi) is 5.13. The number of pyridine rings is 1. The van der Waals surface area contributed by atoms with Crippen LogP contribution >= 0.6 is 0 Å². The van der Waals surface area contributed by atoms with Crippen LogP contribution in [0.5, 0.6) is 0 Å². The van der Waals surface area contributed by atoms with E-state index in [2.05, 4.69) is 32.7 Å². The van der Waals surface area contributed by atoms with Gasteiger partial charge in [-0.2, -0.15) is 0 Å². The third kappa shape index (κ3) is 4.03. The predicted octanol–water partition coefficient (Wildman–Crippen LogP) is 1.82. The summed E-state index contributed by atoms with van der Waals surface area (Å²) >= 11 is 0. The Labute approximate surface area is 153 Å². The Bertz CT molecular complexity index is 725. The van der Waals surface area contributed by atoms with Crippen LogP contribution in [0, 0.1) is 0 Å². The number of amides is 1. The van der Waals surface area contributed by atoms with Crippen molar-refractivity contribution in [1.82, 2.24) is 15.2 Å². The first-order valence-corrected chi connectivity index (χ1v) is 9.12. The lowest BCUT2D eigenvalue weighted by atomic mass is 10.1. The molecular weight excluding hydrogens is 328 g/mol. The second kappa shape index (κ2) is 7.85. The molecule has 0 saturated carbocycles. The molecule has 1 aromatic heterocycles. The highest BCUT2D eigenvalue weighted by Gasteiger charge is 2.38. The van der Waals surface area contributed by atoms with Crippen LogP contribution < -0.4 is 10.6 Å². The predicted molar refractivity (Wildman–Crippen MR) is 99.8 cm³/mol. The van der Waals surface area contributed by atoms with E-state index < -0.39 is 0 Å². The molecule has 4 rings (SSSR count). The molecule has 1 amide bonds. The molecule has 2 aliphatic heterocycles. The molecule has 0 radical (unpaired) electrons. The molecule has 2 aliphatic rings. The third-order valence-electron chi connectivity index (χ3n) is 5.07. The molecule has 26 heavy (non-hydrogen) atoms. The molecule has 0 spiro atoms. The molecule has 2 fully saturated rings. The molecule has 0 bridgehead atoms. The van der Waals surface area contributed by atoms with Gasteiger partial charge < -0.3 is 15.4 Å². The fourth-order valence-corrected chi connectivity index (χ4v) is 3.78. The Hall–Kier alpha value is -2.44. The van der Waals surface area contributed by atoms with Gasteiger partial charge >= 0.3 is 0 Å². The van der Waals surface area contributed by atoms with Gasteiger partial charge in [-0.15, -0.1) is 0 Å². The molecule has 1 aromatic carbocycles. The number of ether oxygens (including phenoxy) is 1. The number of benzene rings is 1. The Morgan fingerprint density at radius 1 is 1.19 bits per heavy atom. The zero-order chi connectivity index (χ0) is 17.8. The molecule has 0 aliphatic carbocycles. The van der Waals surface area contributed by atoms with Gasteiger partial charge in [-0.05, 0) is 24.1 Å². The van der Waals surface area contributed by atoms with Crippen molar-refractivity contribution < 1.29 is 9.53 Å². The number of anilines is 1. The Balaban J connectivity index is 1.26. The quantitative estimate of drug-likeness (QED) is 0.859. The van der Waals surface area contributed by atoms with E-state index in [-0.39, 0.29) is 24.6 Å². The largest absolute Gasteiger partial charge is 0.375 e. The molecule has 2 aromatic rings. The van der Waals surface area contributed by atoms with Crippen molar-refractivity contribution in [3.05, 3.63) is 60.4 Å². The number of carbonyl (C=O) groups is 1. The zero-order valence-corrected chi connectivity index (χ0v) is 14.7. The molecule has 3 atom stereocenters. The molecule has 136 valence electrons. The Morgan fingerprint density at radius 2 is 2.08 bits per heavy atom. The SMILES string of the molecule is O=C(CNc1cccnc1)N[C@@H]1C[C@H]2CO[C@@H](c3ccccc3)CN2C1. The molecule has 3 heterocycles. The van der Waals surface area contributed by atoms with Crippen LogP contribution in [-0.4, -0.2) is 54.1 Å². The van der Waals surface area contributed by atoms with Crippen molar-refractivity contribution in [3.63, 3.8) is 0 Å². The summed E-state index contributed by atoms with van der Waals surface area (Å²) in [5, 5.41) is 6.24. The average molecular weight is 352 g/mol. The topological polar surface area (TPSA) is 66.5 Å². The number of hydrogen-bond acceptors (Lipinski definition) is 5. The number of nitrogens with zero attached hydrogens (tertiary/aromatic N) is 2. The minimum Gasteiger partial charge on any atom is -0.375 e. The van der Waals surface area contributed by atoms with Crippen molar-refractivity contribution in [2.75, 3.05) is 31.6 Å². The van der Waals surface area contributed by atoms with E-state index in [4.69, 9.17) is 4.74 Å². The fraction of sp³-hybridized carbons (Fsp3) is 0.400. The number of fused-ring (bicyclic) bond motifs is 1. The normalized spacial score (nSPS) is 25.5. The van der Waals surface area contributed by atoms with Crippen molar-refractivity contribution >= 4 is 11.6 Å². The second-order valence-electron chi connectivity index (χ2n) is 6.94. The number of nitrogens with one attached hydrogen (secondary N) is 2. The molecule has 0 unspecified atom stereocenters. The lowest BCUT2D eigenvalue weighted by Gasteiger charge is -2.35. The summed E-state index contributed by atoms with van der Waals surface area (Å²) in [4.78, 5) is 18.7. The summed E-state index contributed by atoms with van der Waals surface area (Å²) < 4.78 is 6.06. The minimum atomic E-state index is 0.0132. The number of aromatic nitrogens is 1. The molecule has 2 saturated heterocycles. The maximum absolute atomic E-state index is 12.2. The van der Waals surface area contributed by atoms with Crippen molar-refractivity contribution in [2.45, 2.75) is 24.6 Å². The van der Waals surface area contributed by atoms with E-state index >= 15 is 0 Å². The minimum absolute atomic E-state index is 0.0132. The van der Waals surface area contributed by atoms with Gasteiger partial charge in [0.15, 0.2) is 0 Å². The molecule has 6 heteroatoms. The van der Waals surface area contributed by atoms with Crippen LogP contribution in [0.25, 0.3) is 0 Å². The summed E-state index contributed by atoms with van der Waals surface area (Å²) in [6.45, 7) is 2.75. The standard InChI is InChI=1S/C20H24N4O2/c25-20(11-22-16-7-4-8-21-10-16)23-17-9-18-14-26-19(13-24(18)12-17)15-5-2-1-3-6-15/h1-8,10,17-19,22H,9,11-14H2,(H,23,25)/t17-,18+,19-/m1/s1. The van der Waals surface area contributed by atoms with Crippen LogP contribution in [0.1, 0.15) is 18.1 Å². The van der Waals surface area contributed by atoms with E-state index in [9.17, 15) is 4.79 Å². The first-order valence-electron chi connectivity index (χ1n) is 9.12. The van der Waals surface area contributed by atoms with Crippen molar-refractivity contribution in [1.29, 1.82) is 0 Å².